The van der Waals surface area contributed by atoms with Gasteiger partial charge in [0.2, 0.25) is 0 Å². The molecule has 0 bridgehead atoms. The van der Waals surface area contributed by atoms with Crippen LogP contribution in [0.25, 0.3) is 0 Å². The number of ether oxygens (including phenoxy) is 1. The number of benzene rings is 1. The third-order valence-corrected chi connectivity index (χ3v) is 4.24. The van der Waals surface area contributed by atoms with Crippen LogP contribution in [0.2, 0.25) is 0 Å². The third-order valence-electron chi connectivity index (χ3n) is 4.24. The molecule has 0 fully saturated rings. The van der Waals surface area contributed by atoms with E-state index in [4.69, 9.17) is 4.74 Å². The van der Waals surface area contributed by atoms with E-state index >= 15 is 0 Å². The van der Waals surface area contributed by atoms with E-state index in [0.717, 1.165) is 24.8 Å². The maximum absolute atomic E-state index is 12.0. The van der Waals surface area contributed by atoms with Gasteiger partial charge in [-0.25, -0.2) is 4.79 Å². The number of aryl methyl sites for hydroxylation is 1. The summed E-state index contributed by atoms with van der Waals surface area (Å²) < 4.78 is 5.83. The average molecular weight is 258 g/mol. The summed E-state index contributed by atoms with van der Waals surface area (Å²) in [7, 11) is 0. The van der Waals surface area contributed by atoms with Crippen molar-refractivity contribution >= 4 is 5.97 Å². The molecule has 2 nitrogen and oxygen atoms in total. The van der Waals surface area contributed by atoms with E-state index in [1.54, 1.807) is 6.92 Å². The number of carbonyl (C=O) groups is 1. The Balaban J connectivity index is 2.43. The molecule has 1 aliphatic carbocycles. The molecule has 1 aromatic rings. The van der Waals surface area contributed by atoms with Crippen LogP contribution in [0.4, 0.5) is 0 Å². The summed E-state index contributed by atoms with van der Waals surface area (Å²) in [6, 6.07) is 8.28. The minimum atomic E-state index is -0.528. The Bertz CT molecular complexity index is 504. The van der Waals surface area contributed by atoms with Crippen LogP contribution >= 0.6 is 0 Å². The molecule has 0 radical (unpaired) electrons. The molecule has 0 N–H and O–H groups in total. The van der Waals surface area contributed by atoms with E-state index < -0.39 is 5.60 Å². The molecule has 102 valence electrons. The maximum Gasteiger partial charge on any atom is 0.333 e. The van der Waals surface area contributed by atoms with Gasteiger partial charge in [0.1, 0.15) is 5.60 Å². The molecule has 0 saturated carbocycles. The van der Waals surface area contributed by atoms with Crippen molar-refractivity contribution in [3.05, 3.63) is 47.5 Å². The second kappa shape index (κ2) is 5.20. The Morgan fingerprint density at radius 3 is 2.79 bits per heavy atom. The zero-order valence-electron chi connectivity index (χ0n) is 12.0. The zero-order chi connectivity index (χ0) is 14.0. The summed E-state index contributed by atoms with van der Waals surface area (Å²) >= 11 is 0. The van der Waals surface area contributed by atoms with Crippen LogP contribution in [-0.4, -0.2) is 5.97 Å². The molecule has 0 amide bonds. The fourth-order valence-electron chi connectivity index (χ4n) is 3.06. The summed E-state index contributed by atoms with van der Waals surface area (Å²) in [6.07, 6.45) is 3.14. The Morgan fingerprint density at radius 2 is 2.16 bits per heavy atom. The van der Waals surface area contributed by atoms with Gasteiger partial charge in [-0.05, 0) is 44.2 Å². The first-order valence-electron chi connectivity index (χ1n) is 6.96. The summed E-state index contributed by atoms with van der Waals surface area (Å²) in [4.78, 5) is 12.0. The maximum atomic E-state index is 12.0. The number of fused-ring (bicyclic) bond motifs is 1. The first-order valence-corrected chi connectivity index (χ1v) is 6.96. The van der Waals surface area contributed by atoms with Crippen LogP contribution in [0.3, 0.4) is 0 Å². The van der Waals surface area contributed by atoms with E-state index in [-0.39, 0.29) is 5.97 Å². The SMILES string of the molecule is C=C(C)C(=O)OC1(C)c2ccccc2CCC1CC. The lowest BCUT2D eigenvalue weighted by Gasteiger charge is -2.42. The molecular weight excluding hydrogens is 236 g/mol. The number of rotatable bonds is 3. The molecule has 0 aromatic heterocycles. The largest absolute Gasteiger partial charge is 0.451 e. The number of carbonyl (C=O) groups excluding carboxylic acids is 1. The smallest absolute Gasteiger partial charge is 0.333 e. The van der Waals surface area contributed by atoms with Gasteiger partial charge >= 0.3 is 5.97 Å². The van der Waals surface area contributed by atoms with Crippen LogP contribution in [0.5, 0.6) is 0 Å². The summed E-state index contributed by atoms with van der Waals surface area (Å²) in [5.74, 6) is 0.0725. The second-order valence-corrected chi connectivity index (χ2v) is 5.58. The minimum absolute atomic E-state index is 0.294. The van der Waals surface area contributed by atoms with Crippen molar-refractivity contribution < 1.29 is 9.53 Å². The van der Waals surface area contributed by atoms with Crippen molar-refractivity contribution in [1.29, 1.82) is 0 Å². The third kappa shape index (κ3) is 2.44. The van der Waals surface area contributed by atoms with Crippen molar-refractivity contribution in [3.8, 4) is 0 Å². The van der Waals surface area contributed by atoms with Gasteiger partial charge in [0.15, 0.2) is 0 Å². The Kier molecular flexibility index (Phi) is 3.79. The Labute approximate surface area is 115 Å². The van der Waals surface area contributed by atoms with Crippen molar-refractivity contribution in [3.63, 3.8) is 0 Å². The molecule has 2 unspecified atom stereocenters. The molecule has 2 heteroatoms. The first-order chi connectivity index (χ1) is 8.99. The van der Waals surface area contributed by atoms with Gasteiger partial charge in [-0.1, -0.05) is 37.8 Å². The minimum Gasteiger partial charge on any atom is -0.451 e. The summed E-state index contributed by atoms with van der Waals surface area (Å²) in [6.45, 7) is 9.58. The van der Waals surface area contributed by atoms with E-state index in [1.165, 1.54) is 5.56 Å². The van der Waals surface area contributed by atoms with Gasteiger partial charge in [-0.3, -0.25) is 0 Å². The summed E-state index contributed by atoms with van der Waals surface area (Å²) in [5, 5.41) is 0. The van der Waals surface area contributed by atoms with Crippen LogP contribution in [0, 0.1) is 5.92 Å². The monoisotopic (exact) mass is 258 g/mol. The molecule has 2 rings (SSSR count). The highest BCUT2D eigenvalue weighted by molar-refractivity contribution is 5.87. The quantitative estimate of drug-likeness (QED) is 0.605. The molecule has 19 heavy (non-hydrogen) atoms. The van der Waals surface area contributed by atoms with Gasteiger partial charge < -0.3 is 4.74 Å². The molecule has 0 aliphatic heterocycles. The van der Waals surface area contributed by atoms with Crippen LogP contribution in [0.1, 0.15) is 44.7 Å². The van der Waals surface area contributed by atoms with Gasteiger partial charge in [-0.2, -0.15) is 0 Å². The number of hydrogen-bond acceptors (Lipinski definition) is 2. The lowest BCUT2D eigenvalue weighted by atomic mass is 9.71. The zero-order valence-corrected chi connectivity index (χ0v) is 12.0. The molecule has 0 saturated heterocycles. The highest BCUT2D eigenvalue weighted by Gasteiger charge is 2.42. The van der Waals surface area contributed by atoms with Gasteiger partial charge in [0.05, 0.1) is 0 Å². The molecule has 2 atom stereocenters. The van der Waals surface area contributed by atoms with E-state index in [1.807, 2.05) is 19.1 Å². The topological polar surface area (TPSA) is 26.3 Å². The number of esters is 1. The van der Waals surface area contributed by atoms with Crippen molar-refractivity contribution in [2.45, 2.75) is 45.6 Å². The second-order valence-electron chi connectivity index (χ2n) is 5.58. The fourth-order valence-corrected chi connectivity index (χ4v) is 3.06. The van der Waals surface area contributed by atoms with E-state index in [0.29, 0.717) is 11.5 Å². The Morgan fingerprint density at radius 1 is 1.47 bits per heavy atom. The van der Waals surface area contributed by atoms with Crippen molar-refractivity contribution in [2.24, 2.45) is 5.92 Å². The van der Waals surface area contributed by atoms with Crippen LogP contribution in [-0.2, 0) is 21.6 Å². The number of hydrogen-bond donors (Lipinski definition) is 0. The first kappa shape index (κ1) is 13.9. The normalized spacial score (nSPS) is 25.5. The lowest BCUT2D eigenvalue weighted by molar-refractivity contribution is -0.162. The van der Waals surface area contributed by atoms with Gasteiger partial charge in [0.25, 0.3) is 0 Å². The average Bonchev–Trinajstić information content (AvgIpc) is 2.39. The van der Waals surface area contributed by atoms with Crippen LogP contribution < -0.4 is 0 Å². The highest BCUT2D eigenvalue weighted by Crippen LogP contribution is 2.44. The molecular formula is C17H22O2. The Hall–Kier alpha value is -1.57. The molecule has 1 aliphatic rings. The van der Waals surface area contributed by atoms with Gasteiger partial charge in [-0.15, -0.1) is 0 Å². The van der Waals surface area contributed by atoms with Crippen molar-refractivity contribution in [2.75, 3.05) is 0 Å². The predicted octanol–water partition coefficient (Wildman–Crippen LogP) is 3.99. The van der Waals surface area contributed by atoms with Gasteiger partial charge in [0, 0.05) is 11.5 Å². The molecule has 1 aromatic carbocycles. The van der Waals surface area contributed by atoms with E-state index in [2.05, 4.69) is 25.6 Å². The van der Waals surface area contributed by atoms with Crippen LogP contribution in [0.15, 0.2) is 36.4 Å². The molecule has 0 spiro atoms. The summed E-state index contributed by atoms with van der Waals surface area (Å²) in [5.41, 5.74) is 2.38. The molecule has 0 heterocycles. The standard InChI is InChI=1S/C17H22O2/c1-5-14-11-10-13-8-6-7-9-15(13)17(14,4)19-16(18)12(2)3/h6-9,14H,2,5,10-11H2,1,3-4H3. The highest BCUT2D eigenvalue weighted by atomic mass is 16.6. The van der Waals surface area contributed by atoms with Crippen molar-refractivity contribution in [1.82, 2.24) is 0 Å². The van der Waals surface area contributed by atoms with E-state index in [9.17, 15) is 4.79 Å². The lowest BCUT2D eigenvalue weighted by Crippen LogP contribution is -2.41. The fraction of sp³-hybridized carbons (Fsp3) is 0.471. The predicted molar refractivity (Wildman–Crippen MR) is 76.8 cm³/mol.